The minimum Gasteiger partial charge on any atom is -0.465 e. The quantitative estimate of drug-likeness (QED) is 0.0617. The average molecular weight is 639 g/mol. The smallest absolute Gasteiger partial charge is 0.340 e. The van der Waals surface area contributed by atoms with Crippen molar-refractivity contribution < 1.29 is 31.8 Å². The average Bonchev–Trinajstić information content (AvgIpc) is 3.32. The van der Waals surface area contributed by atoms with Crippen molar-refractivity contribution in [2.45, 2.75) is 44.9 Å². The maximum atomic E-state index is 14.2. The molecule has 3 aromatic carbocycles. The molecule has 0 spiro atoms. The van der Waals surface area contributed by atoms with E-state index >= 15 is 0 Å². The summed E-state index contributed by atoms with van der Waals surface area (Å²) in [6.45, 7) is 9.30. The summed E-state index contributed by atoms with van der Waals surface area (Å²) in [7, 11) is -5.09. The van der Waals surface area contributed by atoms with Crippen LogP contribution in [0.25, 0.3) is 11.1 Å². The van der Waals surface area contributed by atoms with Crippen molar-refractivity contribution in [3.05, 3.63) is 99.2 Å². The molecule has 0 aliphatic heterocycles. The number of ether oxygens (including phenoxy) is 1. The second-order valence-corrected chi connectivity index (χ2v) is 17.3. The molecule has 0 bridgehead atoms. The van der Waals surface area contributed by atoms with Crippen LogP contribution < -0.4 is 9.62 Å². The third kappa shape index (κ3) is 6.98. The number of nitrogens with one attached hydrogen (secondary N) is 1. The molecule has 1 heterocycles. The Kier molecular flexibility index (Phi) is 9.56. The number of hydrogen-bond acceptors (Lipinski definition) is 10. The molecule has 0 aliphatic carbocycles. The summed E-state index contributed by atoms with van der Waals surface area (Å²) >= 11 is 0. The first-order valence-electron chi connectivity index (χ1n) is 13.6. The van der Waals surface area contributed by atoms with Gasteiger partial charge in [0, 0.05) is 23.7 Å². The Morgan fingerprint density at radius 1 is 1.05 bits per heavy atom. The van der Waals surface area contributed by atoms with Gasteiger partial charge in [-0.1, -0.05) is 53.7 Å². The molecule has 0 atom stereocenters. The van der Waals surface area contributed by atoms with Crippen LogP contribution in [0.4, 0.5) is 17.3 Å². The van der Waals surface area contributed by atoms with E-state index in [1.165, 1.54) is 31.4 Å². The van der Waals surface area contributed by atoms with E-state index in [1.54, 1.807) is 56.3 Å². The molecule has 0 radical (unpaired) electrons. The van der Waals surface area contributed by atoms with E-state index in [2.05, 4.69) is 10.5 Å². The van der Waals surface area contributed by atoms with Gasteiger partial charge >= 0.3 is 5.97 Å². The molecular weight excluding hydrogens is 605 g/mol. The third-order valence-corrected chi connectivity index (χ3v) is 9.57. The van der Waals surface area contributed by atoms with E-state index in [0.717, 1.165) is 9.87 Å². The minimum absolute atomic E-state index is 0.0392. The first-order chi connectivity index (χ1) is 20.7. The van der Waals surface area contributed by atoms with Gasteiger partial charge in [0.05, 0.1) is 28.2 Å². The number of nitro groups is 1. The fraction of sp³-hybridized carbons (Fsp3) is 0.267. The molecule has 0 saturated carbocycles. The Labute approximate surface area is 256 Å². The zero-order chi connectivity index (χ0) is 32.2. The summed E-state index contributed by atoms with van der Waals surface area (Å²) in [5, 5.41) is 18.5. The molecule has 4 rings (SSSR count). The van der Waals surface area contributed by atoms with E-state index in [1.807, 2.05) is 19.6 Å². The molecule has 1 N–H and O–H groups in total. The number of hydrogen-bond donors (Lipinski definition) is 1. The zero-order valence-electron chi connectivity index (χ0n) is 25.3. The number of para-hydroxylation sites is 1. The standard InChI is InChI=1S/C30H34N4O8SSi/c1-20-21(2)32-42-29(20)33(19-41-44(4,5)6)43(38,39)27-13-8-7-10-24(27)23-16-14-22(15-17-23)18-31-28-25(30(35)40-3)11-9-12-26(28)34(36)37/h7-17,31H,18-19H2,1-6H3. The number of carbonyl (C=O) groups excluding carboxylic acids is 1. The number of anilines is 2. The number of carbonyl (C=O) groups is 1. The first kappa shape index (κ1) is 32.4. The minimum atomic E-state index is -4.17. The molecule has 44 heavy (non-hydrogen) atoms. The lowest BCUT2D eigenvalue weighted by molar-refractivity contribution is -0.384. The fourth-order valence-electron chi connectivity index (χ4n) is 4.32. The van der Waals surface area contributed by atoms with Crippen LogP contribution >= 0.6 is 0 Å². The summed E-state index contributed by atoms with van der Waals surface area (Å²) in [5.74, 6) is -0.609. The van der Waals surface area contributed by atoms with Crippen LogP contribution in [0.5, 0.6) is 0 Å². The second-order valence-electron chi connectivity index (χ2n) is 10.9. The summed E-state index contributed by atoms with van der Waals surface area (Å²) < 4.78 is 45.8. The van der Waals surface area contributed by atoms with Gasteiger partial charge in [-0.2, -0.15) is 0 Å². The Balaban J connectivity index is 1.66. The number of aromatic nitrogens is 1. The van der Waals surface area contributed by atoms with Crippen molar-refractivity contribution >= 4 is 41.6 Å². The van der Waals surface area contributed by atoms with Gasteiger partial charge in [0.15, 0.2) is 8.32 Å². The zero-order valence-corrected chi connectivity index (χ0v) is 27.1. The maximum absolute atomic E-state index is 14.2. The number of rotatable bonds is 12. The molecule has 12 nitrogen and oxygen atoms in total. The molecule has 0 amide bonds. The highest BCUT2D eigenvalue weighted by Crippen LogP contribution is 2.35. The van der Waals surface area contributed by atoms with Gasteiger partial charge in [-0.25, -0.2) is 17.5 Å². The normalized spacial score (nSPS) is 11.7. The summed E-state index contributed by atoms with van der Waals surface area (Å²) in [6, 6.07) is 17.9. The highest BCUT2D eigenvalue weighted by Gasteiger charge is 2.33. The lowest BCUT2D eigenvalue weighted by atomic mass is 10.0. The number of nitrogens with zero attached hydrogens (tertiary/aromatic N) is 3. The van der Waals surface area contributed by atoms with Crippen molar-refractivity contribution in [3.63, 3.8) is 0 Å². The summed E-state index contributed by atoms with van der Waals surface area (Å²) in [5.41, 5.74) is 2.82. The third-order valence-electron chi connectivity index (χ3n) is 6.81. The monoisotopic (exact) mass is 638 g/mol. The van der Waals surface area contributed by atoms with E-state index in [-0.39, 0.29) is 41.0 Å². The van der Waals surface area contributed by atoms with Crippen LogP contribution in [0, 0.1) is 24.0 Å². The number of aryl methyl sites for hydroxylation is 1. The number of nitro benzene ring substituents is 1. The molecule has 14 heteroatoms. The largest absolute Gasteiger partial charge is 0.465 e. The lowest BCUT2D eigenvalue weighted by Crippen LogP contribution is -2.39. The van der Waals surface area contributed by atoms with Gasteiger partial charge in [-0.3, -0.25) is 10.1 Å². The molecule has 0 saturated heterocycles. The van der Waals surface area contributed by atoms with Crippen molar-refractivity contribution in [1.82, 2.24) is 5.16 Å². The van der Waals surface area contributed by atoms with Crippen LogP contribution in [-0.2, 0) is 25.7 Å². The number of benzene rings is 3. The van der Waals surface area contributed by atoms with Gasteiger partial charge in [0.25, 0.3) is 15.7 Å². The van der Waals surface area contributed by atoms with Crippen LogP contribution in [0.15, 0.2) is 76.1 Å². The van der Waals surface area contributed by atoms with Crippen LogP contribution in [0.3, 0.4) is 0 Å². The van der Waals surface area contributed by atoms with Gasteiger partial charge in [0.1, 0.15) is 12.4 Å². The molecule has 0 unspecified atom stereocenters. The van der Waals surface area contributed by atoms with Crippen LogP contribution in [-0.4, -0.2) is 46.6 Å². The van der Waals surface area contributed by atoms with Crippen molar-refractivity contribution in [2.24, 2.45) is 0 Å². The molecule has 4 aromatic rings. The summed E-state index contributed by atoms with van der Waals surface area (Å²) in [4.78, 5) is 23.3. The highest BCUT2D eigenvalue weighted by atomic mass is 32.2. The highest BCUT2D eigenvalue weighted by molar-refractivity contribution is 7.93. The Bertz CT molecular complexity index is 1780. The maximum Gasteiger partial charge on any atom is 0.340 e. The van der Waals surface area contributed by atoms with Crippen molar-refractivity contribution in [1.29, 1.82) is 0 Å². The predicted molar refractivity (Wildman–Crippen MR) is 169 cm³/mol. The topological polar surface area (TPSA) is 154 Å². The molecule has 0 fully saturated rings. The van der Waals surface area contributed by atoms with E-state index in [9.17, 15) is 23.3 Å². The molecule has 1 aromatic heterocycles. The van der Waals surface area contributed by atoms with E-state index in [0.29, 0.717) is 22.4 Å². The van der Waals surface area contributed by atoms with Gasteiger partial charge < -0.3 is 19.0 Å². The first-order valence-corrected chi connectivity index (χ1v) is 18.5. The Morgan fingerprint density at radius 3 is 2.32 bits per heavy atom. The number of sulfonamides is 1. The predicted octanol–water partition coefficient (Wildman–Crippen LogP) is 6.27. The lowest BCUT2D eigenvalue weighted by Gasteiger charge is -2.27. The van der Waals surface area contributed by atoms with E-state index < -0.39 is 29.2 Å². The van der Waals surface area contributed by atoms with Crippen LogP contribution in [0.2, 0.25) is 19.6 Å². The summed E-state index contributed by atoms with van der Waals surface area (Å²) in [6.07, 6.45) is 0. The Morgan fingerprint density at radius 2 is 1.73 bits per heavy atom. The molecule has 232 valence electrons. The van der Waals surface area contributed by atoms with Crippen molar-refractivity contribution in [2.75, 3.05) is 23.5 Å². The van der Waals surface area contributed by atoms with Gasteiger partial charge in [0.2, 0.25) is 5.88 Å². The van der Waals surface area contributed by atoms with Gasteiger partial charge in [-0.05, 0) is 56.7 Å². The molecular formula is C30H34N4O8SSi. The second kappa shape index (κ2) is 13.0. The number of methoxy groups -OCH3 is 1. The van der Waals surface area contributed by atoms with Crippen molar-refractivity contribution in [3.8, 4) is 11.1 Å². The molecule has 0 aliphatic rings. The van der Waals surface area contributed by atoms with E-state index in [4.69, 9.17) is 13.7 Å². The van der Waals surface area contributed by atoms with Crippen LogP contribution in [0.1, 0.15) is 27.2 Å². The fourth-order valence-corrected chi connectivity index (χ4v) is 6.47. The van der Waals surface area contributed by atoms with Gasteiger partial charge in [-0.15, -0.1) is 0 Å². The Hall–Kier alpha value is -4.53. The SMILES string of the molecule is COC(=O)c1cccc([N+](=O)[O-])c1NCc1ccc(-c2ccccc2S(=O)(=O)N(CO[Si](C)(C)C)c2onc(C)c2C)cc1. The number of esters is 1.